The summed E-state index contributed by atoms with van der Waals surface area (Å²) >= 11 is 5.28. The van der Waals surface area contributed by atoms with Crippen LogP contribution in [0.5, 0.6) is 0 Å². The Morgan fingerprint density at radius 1 is 1.00 bits per heavy atom. The second-order valence-electron chi connectivity index (χ2n) is 13.0. The van der Waals surface area contributed by atoms with Gasteiger partial charge in [0.25, 0.3) is 11.8 Å². The van der Waals surface area contributed by atoms with Gasteiger partial charge in [0.1, 0.15) is 34.7 Å². The summed E-state index contributed by atoms with van der Waals surface area (Å²) in [6.07, 6.45) is 3.20. The Morgan fingerprint density at radius 3 is 2.27 bits per heavy atom. The van der Waals surface area contributed by atoms with E-state index in [4.69, 9.17) is 14.6 Å². The first-order chi connectivity index (χ1) is 27.4. The highest BCUT2D eigenvalue weighted by molar-refractivity contribution is 8.01. The Balaban J connectivity index is 1.08. The fraction of sp³-hybridized carbons (Fsp3) is 0.256. The van der Waals surface area contributed by atoms with Crippen molar-refractivity contribution in [2.24, 2.45) is 5.16 Å². The largest absolute Gasteiger partial charge is 0.477 e. The SMILES string of the molecule is O=C(O)C1=C(CSc2ncns2)CS[C@H]2C(NC(=O)C(=NOC3CCCCO3)c3csc(NC(c4ccccc4)(c4ccccc4)c4ccccc4)n3)C(=O)N12. The Morgan fingerprint density at radius 2 is 1.68 bits per heavy atom. The third-order valence-electron chi connectivity index (χ3n) is 9.52. The van der Waals surface area contributed by atoms with Crippen LogP contribution in [-0.2, 0) is 29.5 Å². The molecule has 0 radical (unpaired) electrons. The van der Waals surface area contributed by atoms with Crippen LogP contribution < -0.4 is 10.6 Å². The molecule has 2 aromatic heterocycles. The molecule has 5 heterocycles. The van der Waals surface area contributed by atoms with Gasteiger partial charge in [-0.3, -0.25) is 14.5 Å². The predicted molar refractivity (Wildman–Crippen MR) is 216 cm³/mol. The molecule has 8 rings (SSSR count). The zero-order valence-corrected chi connectivity index (χ0v) is 32.9. The molecule has 0 aliphatic carbocycles. The van der Waals surface area contributed by atoms with Crippen LogP contribution in [0.2, 0.25) is 0 Å². The van der Waals surface area contributed by atoms with Gasteiger partial charge >= 0.3 is 5.97 Å². The summed E-state index contributed by atoms with van der Waals surface area (Å²) in [5.41, 5.74) is 2.70. The first-order valence-corrected chi connectivity index (χ1v) is 21.5. The topological polar surface area (TPSA) is 168 Å². The van der Waals surface area contributed by atoms with Crippen molar-refractivity contribution >= 4 is 75.0 Å². The summed E-state index contributed by atoms with van der Waals surface area (Å²) in [7, 11) is 0. The number of nitrogens with zero attached hydrogens (tertiary/aromatic N) is 5. The first kappa shape index (κ1) is 37.8. The highest BCUT2D eigenvalue weighted by atomic mass is 32.2. The fourth-order valence-electron chi connectivity index (χ4n) is 6.87. The third-order valence-corrected chi connectivity index (χ3v) is 13.5. The van der Waals surface area contributed by atoms with Crippen molar-refractivity contribution in [1.82, 2.24) is 24.6 Å². The Labute approximate surface area is 338 Å². The quantitative estimate of drug-likeness (QED) is 0.0383. The van der Waals surface area contributed by atoms with Crippen molar-refractivity contribution in [3.63, 3.8) is 0 Å². The molecule has 2 amide bonds. The molecule has 5 aromatic rings. The molecule has 13 nitrogen and oxygen atoms in total. The van der Waals surface area contributed by atoms with Crippen LogP contribution in [0.25, 0.3) is 0 Å². The number of aromatic nitrogens is 3. The van der Waals surface area contributed by atoms with Crippen LogP contribution in [0.4, 0.5) is 5.13 Å². The van der Waals surface area contributed by atoms with E-state index in [2.05, 4.69) is 61.5 Å². The highest BCUT2D eigenvalue weighted by Crippen LogP contribution is 2.43. The maximum absolute atomic E-state index is 14.2. The van der Waals surface area contributed by atoms with E-state index < -0.39 is 41.0 Å². The van der Waals surface area contributed by atoms with Gasteiger partial charge in [0.2, 0.25) is 6.29 Å². The predicted octanol–water partition coefficient (Wildman–Crippen LogP) is 6.18. The number of rotatable bonds is 14. The second-order valence-corrected chi connectivity index (χ2v) is 16.9. The summed E-state index contributed by atoms with van der Waals surface area (Å²) < 4.78 is 10.4. The smallest absolute Gasteiger partial charge is 0.352 e. The highest BCUT2D eigenvalue weighted by Gasteiger charge is 2.54. The Hall–Kier alpha value is -5.07. The summed E-state index contributed by atoms with van der Waals surface area (Å²) in [6, 6.07) is 29.3. The molecule has 3 N–H and O–H groups in total. The molecule has 0 saturated carbocycles. The van der Waals surface area contributed by atoms with E-state index in [-0.39, 0.29) is 17.1 Å². The average molecular weight is 826 g/mol. The number of carbonyl (C=O) groups is 3. The molecule has 2 saturated heterocycles. The Bertz CT molecular complexity index is 2140. The van der Waals surface area contributed by atoms with Crippen molar-refractivity contribution < 1.29 is 29.1 Å². The average Bonchev–Trinajstić information content (AvgIpc) is 3.95. The lowest BCUT2D eigenvalue weighted by atomic mass is 9.77. The van der Waals surface area contributed by atoms with Gasteiger partial charge in [0, 0.05) is 23.3 Å². The second kappa shape index (κ2) is 17.0. The van der Waals surface area contributed by atoms with Crippen LogP contribution in [0, 0.1) is 0 Å². The van der Waals surface area contributed by atoms with Gasteiger partial charge in [0.15, 0.2) is 15.2 Å². The maximum atomic E-state index is 14.2. The number of benzene rings is 3. The lowest BCUT2D eigenvalue weighted by Crippen LogP contribution is -2.71. The number of nitrogens with one attached hydrogen (secondary N) is 2. The molecular formula is C39H35N7O6S4. The number of amides is 2. The molecular weight excluding hydrogens is 791 g/mol. The number of fused-ring (bicyclic) bond motifs is 1. The normalized spacial score (nSPS) is 19.9. The fourth-order valence-corrected chi connectivity index (χ4v) is 10.6. The van der Waals surface area contributed by atoms with Gasteiger partial charge in [-0.1, -0.05) is 108 Å². The molecule has 0 bridgehead atoms. The summed E-state index contributed by atoms with van der Waals surface area (Å²) in [4.78, 5) is 56.3. The number of β-lactam (4-membered cyclic amide) rings is 1. The molecule has 0 spiro atoms. The van der Waals surface area contributed by atoms with Gasteiger partial charge in [0.05, 0.1) is 6.61 Å². The number of aliphatic carboxylic acids is 1. The number of oxime groups is 1. The summed E-state index contributed by atoms with van der Waals surface area (Å²) in [6.45, 7) is 0.513. The number of carboxylic acid groups (broad SMARTS) is 1. The van der Waals surface area contributed by atoms with Gasteiger partial charge < -0.3 is 25.3 Å². The Kier molecular flexibility index (Phi) is 11.5. The number of hydrogen-bond donors (Lipinski definition) is 3. The number of hydrogen-bond acceptors (Lipinski definition) is 14. The lowest BCUT2D eigenvalue weighted by Gasteiger charge is -2.49. The van der Waals surface area contributed by atoms with Crippen LogP contribution in [-0.4, -0.2) is 83.7 Å². The van der Waals surface area contributed by atoms with Crippen molar-refractivity contribution in [3.8, 4) is 0 Å². The van der Waals surface area contributed by atoms with Crippen molar-refractivity contribution in [2.45, 2.75) is 46.8 Å². The minimum absolute atomic E-state index is 0.0677. The number of thioether (sulfide) groups is 2. The molecule has 3 aromatic carbocycles. The van der Waals surface area contributed by atoms with E-state index in [1.807, 2.05) is 54.6 Å². The summed E-state index contributed by atoms with van der Waals surface area (Å²) in [5, 5.41) is 22.6. The zero-order chi connectivity index (χ0) is 38.5. The summed E-state index contributed by atoms with van der Waals surface area (Å²) in [5.74, 6) is -1.71. The van der Waals surface area contributed by atoms with Crippen molar-refractivity contribution in [1.29, 1.82) is 0 Å². The standard InChI is InChI=1S/C39H35N7O6S4/c47-33(43-31-34(48)46-32(36(49)50)24(20-53-35(31)46)21-55-38-40-23-41-56-38)30(45-52-29-18-10-11-19-51-29)28-22-54-37(42-28)44-39(25-12-4-1-5-13-25,26-14-6-2-7-15-26)27-16-8-3-9-17-27/h1-9,12-17,22-23,29,31,35H,10-11,18-21H2,(H,42,44)(H,43,47)(H,49,50)/t29?,31?,35-/m0/s1. The van der Waals surface area contributed by atoms with E-state index in [1.165, 1.54) is 57.6 Å². The number of carbonyl (C=O) groups excluding carboxylic acids is 2. The number of thiazole rings is 1. The van der Waals surface area contributed by atoms with E-state index in [9.17, 15) is 19.5 Å². The molecule has 2 fully saturated rings. The molecule has 2 unspecified atom stereocenters. The van der Waals surface area contributed by atoms with E-state index >= 15 is 0 Å². The molecule has 17 heteroatoms. The van der Waals surface area contributed by atoms with E-state index in [1.54, 1.807) is 5.38 Å². The first-order valence-electron chi connectivity index (χ1n) is 17.8. The van der Waals surface area contributed by atoms with Crippen LogP contribution in [0.15, 0.2) is 123 Å². The molecule has 56 heavy (non-hydrogen) atoms. The molecule has 3 aliphatic rings. The van der Waals surface area contributed by atoms with E-state index in [0.717, 1.165) is 29.5 Å². The minimum Gasteiger partial charge on any atom is -0.477 e. The van der Waals surface area contributed by atoms with Crippen LogP contribution in [0.3, 0.4) is 0 Å². The molecule has 3 atom stereocenters. The van der Waals surface area contributed by atoms with E-state index in [0.29, 0.717) is 39.6 Å². The van der Waals surface area contributed by atoms with Crippen LogP contribution in [0.1, 0.15) is 41.6 Å². The molecule has 3 aliphatic heterocycles. The number of anilines is 1. The monoisotopic (exact) mass is 825 g/mol. The third kappa shape index (κ3) is 7.69. The maximum Gasteiger partial charge on any atom is 0.352 e. The minimum atomic E-state index is -1.20. The van der Waals surface area contributed by atoms with Gasteiger partial charge in [-0.25, -0.2) is 14.8 Å². The number of carboxylic acids is 1. The van der Waals surface area contributed by atoms with Crippen molar-refractivity contribution in [3.05, 3.63) is 136 Å². The van der Waals surface area contributed by atoms with Crippen molar-refractivity contribution in [2.75, 3.05) is 23.4 Å². The number of ether oxygens (including phenoxy) is 1. The van der Waals surface area contributed by atoms with Gasteiger partial charge in [-0.2, -0.15) is 4.37 Å². The van der Waals surface area contributed by atoms with Gasteiger partial charge in [-0.15, -0.1) is 23.1 Å². The van der Waals surface area contributed by atoms with Gasteiger partial charge in [-0.05, 0) is 46.6 Å². The lowest BCUT2D eigenvalue weighted by molar-refractivity contribution is -0.162. The van der Waals surface area contributed by atoms with Crippen LogP contribution >= 0.6 is 46.4 Å². The molecule has 286 valence electrons. The zero-order valence-electron chi connectivity index (χ0n) is 29.6.